The average Bonchev–Trinajstić information content (AvgIpc) is 3.16. The van der Waals surface area contributed by atoms with Gasteiger partial charge in [0.25, 0.3) is 0 Å². The van der Waals surface area contributed by atoms with E-state index in [0.717, 1.165) is 60.9 Å². The summed E-state index contributed by atoms with van der Waals surface area (Å²) in [5.74, 6) is 1.02. The van der Waals surface area contributed by atoms with Crippen LogP contribution in [0.2, 0.25) is 5.02 Å². The molecule has 0 amide bonds. The summed E-state index contributed by atoms with van der Waals surface area (Å²) in [4.78, 5) is 2.49. The molecule has 1 fully saturated rings. The quantitative estimate of drug-likeness (QED) is 0.715. The Bertz CT molecular complexity index is 933. The molecule has 3 heterocycles. The van der Waals surface area contributed by atoms with Gasteiger partial charge < -0.3 is 9.64 Å². The van der Waals surface area contributed by atoms with Crippen molar-refractivity contribution >= 4 is 17.3 Å². The molecular formula is C23H26ClN3O. The summed E-state index contributed by atoms with van der Waals surface area (Å²) in [6.45, 7) is 7.53. The van der Waals surface area contributed by atoms with Crippen LogP contribution in [0.3, 0.4) is 0 Å². The lowest BCUT2D eigenvalue weighted by Crippen LogP contribution is -2.59. The summed E-state index contributed by atoms with van der Waals surface area (Å²) in [5, 5.41) is 8.15. The molecule has 28 heavy (non-hydrogen) atoms. The largest absolute Gasteiger partial charge is 0.466 e. The minimum Gasteiger partial charge on any atom is -0.466 e. The molecule has 4 nitrogen and oxygen atoms in total. The van der Waals surface area contributed by atoms with E-state index in [1.807, 2.05) is 18.2 Å². The van der Waals surface area contributed by atoms with Crippen LogP contribution in [0.5, 0.6) is 5.75 Å². The Hall–Kier alpha value is -2.04. The molecule has 0 radical (unpaired) electrons. The lowest BCUT2D eigenvalue weighted by Gasteiger charge is -2.51. The van der Waals surface area contributed by atoms with Gasteiger partial charge in [0.05, 0.1) is 11.8 Å². The summed E-state index contributed by atoms with van der Waals surface area (Å²) in [6.07, 6.45) is 2.79. The predicted octanol–water partition coefficient (Wildman–Crippen LogP) is 5.00. The van der Waals surface area contributed by atoms with Crippen molar-refractivity contribution in [3.8, 4) is 5.75 Å². The summed E-state index contributed by atoms with van der Waals surface area (Å²) in [5.41, 5.74) is 4.24. The van der Waals surface area contributed by atoms with Gasteiger partial charge in [-0.1, -0.05) is 54.4 Å². The van der Waals surface area contributed by atoms with Gasteiger partial charge in [-0.15, -0.1) is 0 Å². The van der Waals surface area contributed by atoms with Crippen molar-refractivity contribution in [2.45, 2.75) is 44.9 Å². The highest BCUT2D eigenvalue weighted by Gasteiger charge is 2.51. The number of ether oxygens (including phenoxy) is 1. The molecule has 3 aliphatic heterocycles. The molecule has 0 saturated carbocycles. The molecule has 0 N–H and O–H groups in total. The maximum Gasteiger partial charge on any atom is 0.200 e. The maximum absolute atomic E-state index is 6.70. The Morgan fingerprint density at radius 2 is 1.96 bits per heavy atom. The van der Waals surface area contributed by atoms with E-state index in [1.54, 1.807) is 0 Å². The fraction of sp³-hybridized carbons (Fsp3) is 0.435. The lowest BCUT2D eigenvalue weighted by atomic mass is 9.90. The smallest absolute Gasteiger partial charge is 0.200 e. The molecule has 0 aromatic heterocycles. The fourth-order valence-electron chi connectivity index (χ4n) is 4.81. The fourth-order valence-corrected chi connectivity index (χ4v) is 5.05. The molecule has 1 saturated heterocycles. The number of benzene rings is 2. The van der Waals surface area contributed by atoms with Gasteiger partial charge in [-0.3, -0.25) is 0 Å². The number of halogens is 1. The SMILES string of the molecule is CCN1CCC2(CC1)Oc1ccc(C)cc1C1CC(c3ccccc3Cl)=NN12. The molecule has 3 aliphatic rings. The van der Waals surface area contributed by atoms with Gasteiger partial charge in [0.1, 0.15) is 5.75 Å². The summed E-state index contributed by atoms with van der Waals surface area (Å²) in [7, 11) is 0. The monoisotopic (exact) mass is 395 g/mol. The van der Waals surface area contributed by atoms with Crippen molar-refractivity contribution in [1.82, 2.24) is 9.91 Å². The Kier molecular flexibility index (Phi) is 4.37. The zero-order valence-corrected chi connectivity index (χ0v) is 17.2. The van der Waals surface area contributed by atoms with Crippen LogP contribution < -0.4 is 4.74 Å². The molecule has 2 aromatic rings. The number of hydrogen-bond acceptors (Lipinski definition) is 4. The Morgan fingerprint density at radius 1 is 1.18 bits per heavy atom. The molecule has 0 aliphatic carbocycles. The first-order valence-electron chi connectivity index (χ1n) is 10.2. The summed E-state index contributed by atoms with van der Waals surface area (Å²) in [6, 6.07) is 14.8. The summed E-state index contributed by atoms with van der Waals surface area (Å²) >= 11 is 6.51. The third-order valence-electron chi connectivity index (χ3n) is 6.42. The van der Waals surface area contributed by atoms with E-state index in [1.165, 1.54) is 11.1 Å². The normalized spacial score (nSPS) is 23.2. The molecule has 1 unspecified atom stereocenters. The van der Waals surface area contributed by atoms with Gasteiger partial charge >= 0.3 is 0 Å². The van der Waals surface area contributed by atoms with Gasteiger partial charge in [0.2, 0.25) is 5.72 Å². The van der Waals surface area contributed by atoms with E-state index in [0.29, 0.717) is 0 Å². The molecular weight excluding hydrogens is 370 g/mol. The molecule has 1 spiro atoms. The number of aryl methyl sites for hydroxylation is 1. The molecule has 2 aromatic carbocycles. The zero-order chi connectivity index (χ0) is 19.3. The van der Waals surface area contributed by atoms with Crippen LogP contribution in [0.25, 0.3) is 0 Å². The zero-order valence-electron chi connectivity index (χ0n) is 16.5. The van der Waals surface area contributed by atoms with Crippen molar-refractivity contribution in [1.29, 1.82) is 0 Å². The van der Waals surface area contributed by atoms with E-state index in [4.69, 9.17) is 21.4 Å². The number of likely N-dealkylation sites (tertiary alicyclic amines) is 1. The third kappa shape index (κ3) is 2.82. The molecule has 5 heteroatoms. The second-order valence-corrected chi connectivity index (χ2v) is 8.52. The number of rotatable bonds is 2. The van der Waals surface area contributed by atoms with E-state index < -0.39 is 0 Å². The highest BCUT2D eigenvalue weighted by atomic mass is 35.5. The van der Waals surface area contributed by atoms with Crippen LogP contribution in [0, 0.1) is 6.92 Å². The van der Waals surface area contributed by atoms with E-state index in [9.17, 15) is 0 Å². The first-order chi connectivity index (χ1) is 13.6. The van der Waals surface area contributed by atoms with Gasteiger partial charge in [0, 0.05) is 48.5 Å². The van der Waals surface area contributed by atoms with Crippen LogP contribution in [0.4, 0.5) is 0 Å². The molecule has 146 valence electrons. The van der Waals surface area contributed by atoms with Crippen LogP contribution in [-0.4, -0.2) is 41.0 Å². The first-order valence-corrected chi connectivity index (χ1v) is 10.6. The van der Waals surface area contributed by atoms with Crippen molar-refractivity contribution in [3.05, 3.63) is 64.2 Å². The average molecular weight is 396 g/mol. The number of hydrogen-bond donors (Lipinski definition) is 0. The Morgan fingerprint density at radius 3 is 2.71 bits per heavy atom. The van der Waals surface area contributed by atoms with Gasteiger partial charge in [0.15, 0.2) is 0 Å². The van der Waals surface area contributed by atoms with Crippen molar-refractivity contribution in [3.63, 3.8) is 0 Å². The summed E-state index contributed by atoms with van der Waals surface area (Å²) < 4.78 is 6.70. The Balaban J connectivity index is 1.58. The van der Waals surface area contributed by atoms with Gasteiger partial charge in [-0.2, -0.15) is 5.10 Å². The minimum atomic E-state index is -0.360. The molecule has 0 bridgehead atoms. The molecule has 1 atom stereocenters. The first kappa shape index (κ1) is 18.0. The predicted molar refractivity (Wildman–Crippen MR) is 113 cm³/mol. The number of nitrogens with zero attached hydrogens (tertiary/aromatic N) is 3. The van der Waals surface area contributed by atoms with Gasteiger partial charge in [-0.25, -0.2) is 5.01 Å². The van der Waals surface area contributed by atoms with E-state index >= 15 is 0 Å². The molecule has 5 rings (SSSR count). The Labute approximate surface area is 171 Å². The number of piperidine rings is 1. The van der Waals surface area contributed by atoms with E-state index in [2.05, 4.69) is 48.0 Å². The topological polar surface area (TPSA) is 28.1 Å². The maximum atomic E-state index is 6.70. The standard InChI is InChI=1S/C23H26ClN3O/c1-3-26-12-10-23(11-13-26)27-21(18-14-16(2)8-9-22(18)28-23)15-20(25-27)17-6-4-5-7-19(17)24/h4-9,14,21H,3,10-13,15H2,1-2H3. The van der Waals surface area contributed by atoms with Crippen molar-refractivity contribution in [2.75, 3.05) is 19.6 Å². The second-order valence-electron chi connectivity index (χ2n) is 8.11. The number of hydrazone groups is 1. The number of fused-ring (bicyclic) bond motifs is 4. The van der Waals surface area contributed by atoms with Crippen LogP contribution in [-0.2, 0) is 0 Å². The second kappa shape index (κ2) is 6.78. The van der Waals surface area contributed by atoms with E-state index in [-0.39, 0.29) is 11.8 Å². The van der Waals surface area contributed by atoms with Gasteiger partial charge in [-0.05, 0) is 25.6 Å². The highest BCUT2D eigenvalue weighted by molar-refractivity contribution is 6.34. The lowest BCUT2D eigenvalue weighted by molar-refractivity contribution is -0.149. The minimum absolute atomic E-state index is 0.211. The van der Waals surface area contributed by atoms with Crippen LogP contribution in [0.15, 0.2) is 47.6 Å². The van der Waals surface area contributed by atoms with Crippen molar-refractivity contribution < 1.29 is 4.74 Å². The highest BCUT2D eigenvalue weighted by Crippen LogP contribution is 2.50. The third-order valence-corrected chi connectivity index (χ3v) is 6.75. The van der Waals surface area contributed by atoms with Crippen LogP contribution >= 0.6 is 11.6 Å². The van der Waals surface area contributed by atoms with Crippen molar-refractivity contribution in [2.24, 2.45) is 5.10 Å². The van der Waals surface area contributed by atoms with Crippen LogP contribution in [0.1, 0.15) is 48.9 Å².